The van der Waals surface area contributed by atoms with Gasteiger partial charge in [-0.25, -0.2) is 4.79 Å². The molecule has 0 spiro atoms. The van der Waals surface area contributed by atoms with Gasteiger partial charge in [-0.2, -0.15) is 5.10 Å². The van der Waals surface area contributed by atoms with Crippen molar-refractivity contribution in [2.75, 3.05) is 0 Å². The molecule has 14 heavy (non-hydrogen) atoms. The Kier molecular flexibility index (Phi) is 2.71. The van der Waals surface area contributed by atoms with Crippen molar-refractivity contribution < 1.29 is 15.0 Å². The minimum atomic E-state index is -1.06. The summed E-state index contributed by atoms with van der Waals surface area (Å²) in [7, 11) is 0. The molecule has 4 N–H and O–H groups in total. The standard InChI is InChI=1S/C9H10N2O3/c1-5(11-10)7-4-6(9(13)14)2-3-8(7)12/h2-4,12H,10H2,1H3,(H,13,14)/b11-5-. The number of phenols is 1. The topological polar surface area (TPSA) is 95.9 Å². The van der Waals surface area contributed by atoms with Crippen molar-refractivity contribution in [1.29, 1.82) is 0 Å². The molecule has 0 radical (unpaired) electrons. The van der Waals surface area contributed by atoms with Gasteiger partial charge < -0.3 is 16.1 Å². The van der Waals surface area contributed by atoms with Gasteiger partial charge in [0.05, 0.1) is 11.3 Å². The highest BCUT2D eigenvalue weighted by atomic mass is 16.4. The number of benzene rings is 1. The van der Waals surface area contributed by atoms with Crippen LogP contribution in [-0.2, 0) is 0 Å². The van der Waals surface area contributed by atoms with Gasteiger partial charge in [0.15, 0.2) is 0 Å². The van der Waals surface area contributed by atoms with Crippen LogP contribution in [0.5, 0.6) is 5.75 Å². The molecule has 5 nitrogen and oxygen atoms in total. The molecule has 1 rings (SSSR count). The second kappa shape index (κ2) is 3.78. The van der Waals surface area contributed by atoms with Crippen LogP contribution in [0.2, 0.25) is 0 Å². The summed E-state index contributed by atoms with van der Waals surface area (Å²) in [5, 5.41) is 21.5. The molecule has 0 aromatic heterocycles. The van der Waals surface area contributed by atoms with Crippen molar-refractivity contribution in [1.82, 2.24) is 0 Å². The zero-order valence-electron chi connectivity index (χ0n) is 7.56. The summed E-state index contributed by atoms with van der Waals surface area (Å²) in [6.07, 6.45) is 0. The van der Waals surface area contributed by atoms with Gasteiger partial charge in [-0.1, -0.05) is 0 Å². The summed E-state index contributed by atoms with van der Waals surface area (Å²) in [4.78, 5) is 10.6. The molecule has 0 atom stereocenters. The van der Waals surface area contributed by atoms with E-state index in [9.17, 15) is 9.90 Å². The van der Waals surface area contributed by atoms with Crippen LogP contribution in [0.3, 0.4) is 0 Å². The highest BCUT2D eigenvalue weighted by Gasteiger charge is 2.09. The van der Waals surface area contributed by atoms with Gasteiger partial charge in [-0.3, -0.25) is 0 Å². The first-order valence-electron chi connectivity index (χ1n) is 3.87. The van der Waals surface area contributed by atoms with Crippen LogP contribution in [0.4, 0.5) is 0 Å². The molecule has 0 heterocycles. The van der Waals surface area contributed by atoms with E-state index >= 15 is 0 Å². The molecule has 0 fully saturated rings. The van der Waals surface area contributed by atoms with Crippen molar-refractivity contribution in [3.05, 3.63) is 29.3 Å². The number of hydrazone groups is 1. The third-order valence-electron chi connectivity index (χ3n) is 1.83. The van der Waals surface area contributed by atoms with Crippen LogP contribution in [0.15, 0.2) is 23.3 Å². The zero-order chi connectivity index (χ0) is 10.7. The smallest absolute Gasteiger partial charge is 0.335 e. The Morgan fingerprint density at radius 2 is 2.14 bits per heavy atom. The van der Waals surface area contributed by atoms with E-state index in [2.05, 4.69) is 5.10 Å². The first kappa shape index (κ1) is 10.0. The van der Waals surface area contributed by atoms with Gasteiger partial charge in [0, 0.05) is 5.56 Å². The molecule has 0 bridgehead atoms. The number of rotatable bonds is 2. The fraction of sp³-hybridized carbons (Fsp3) is 0.111. The molecule has 5 heteroatoms. The SMILES string of the molecule is C/C(=N/N)c1cc(C(=O)O)ccc1O. The van der Waals surface area contributed by atoms with E-state index in [4.69, 9.17) is 10.9 Å². The molecule has 0 amide bonds. The fourth-order valence-electron chi connectivity index (χ4n) is 1.03. The Hall–Kier alpha value is -2.04. The minimum Gasteiger partial charge on any atom is -0.507 e. The monoisotopic (exact) mass is 194 g/mol. The van der Waals surface area contributed by atoms with Gasteiger partial charge in [0.1, 0.15) is 5.75 Å². The average molecular weight is 194 g/mol. The number of hydrogen-bond donors (Lipinski definition) is 3. The van der Waals surface area contributed by atoms with Gasteiger partial charge >= 0.3 is 5.97 Å². The number of hydrogen-bond acceptors (Lipinski definition) is 4. The van der Waals surface area contributed by atoms with Crippen molar-refractivity contribution >= 4 is 11.7 Å². The second-order valence-electron chi connectivity index (χ2n) is 2.75. The van der Waals surface area contributed by atoms with E-state index in [1.165, 1.54) is 18.2 Å². The highest BCUT2D eigenvalue weighted by molar-refractivity contribution is 6.02. The summed E-state index contributed by atoms with van der Waals surface area (Å²) in [5.74, 6) is 3.93. The molecule has 1 aromatic carbocycles. The molecule has 0 unspecified atom stereocenters. The maximum absolute atomic E-state index is 10.6. The largest absolute Gasteiger partial charge is 0.507 e. The number of nitrogens with zero attached hydrogens (tertiary/aromatic N) is 1. The minimum absolute atomic E-state index is 0.0401. The number of phenolic OH excluding ortho intramolecular Hbond substituents is 1. The van der Waals surface area contributed by atoms with Crippen LogP contribution in [-0.4, -0.2) is 21.9 Å². The third-order valence-corrected chi connectivity index (χ3v) is 1.83. The molecule has 1 aromatic rings. The molecule has 74 valence electrons. The van der Waals surface area contributed by atoms with Gasteiger partial charge in [-0.05, 0) is 25.1 Å². The van der Waals surface area contributed by atoms with E-state index in [1.54, 1.807) is 6.92 Å². The van der Waals surface area contributed by atoms with Crippen LogP contribution in [0.1, 0.15) is 22.8 Å². The molecule has 0 saturated heterocycles. The van der Waals surface area contributed by atoms with Crippen molar-refractivity contribution in [3.63, 3.8) is 0 Å². The van der Waals surface area contributed by atoms with Gasteiger partial charge in [0.25, 0.3) is 0 Å². The fourth-order valence-corrected chi connectivity index (χ4v) is 1.03. The predicted molar refractivity (Wildman–Crippen MR) is 51.5 cm³/mol. The molecular weight excluding hydrogens is 184 g/mol. The quantitative estimate of drug-likeness (QED) is 0.368. The molecule has 0 saturated carbocycles. The lowest BCUT2D eigenvalue weighted by atomic mass is 10.1. The van der Waals surface area contributed by atoms with Crippen LogP contribution in [0, 0.1) is 0 Å². The lowest BCUT2D eigenvalue weighted by molar-refractivity contribution is 0.0697. The number of aromatic hydroxyl groups is 1. The molecule has 0 aliphatic heterocycles. The Labute approximate surface area is 80.5 Å². The van der Waals surface area contributed by atoms with Crippen molar-refractivity contribution in [2.45, 2.75) is 6.92 Å². The summed E-state index contributed by atoms with van der Waals surface area (Å²) in [6, 6.07) is 3.93. The number of carboxylic acids is 1. The Morgan fingerprint density at radius 1 is 1.50 bits per heavy atom. The second-order valence-corrected chi connectivity index (χ2v) is 2.75. The molecular formula is C9H10N2O3. The summed E-state index contributed by atoms with van der Waals surface area (Å²) >= 11 is 0. The normalized spacial score (nSPS) is 11.4. The van der Waals surface area contributed by atoms with E-state index < -0.39 is 5.97 Å². The zero-order valence-corrected chi connectivity index (χ0v) is 7.56. The summed E-state index contributed by atoms with van der Waals surface area (Å²) in [5.41, 5.74) is 0.791. The number of carboxylic acid groups (broad SMARTS) is 1. The number of nitrogens with two attached hydrogens (primary N) is 1. The van der Waals surface area contributed by atoms with Gasteiger partial charge in [0.2, 0.25) is 0 Å². The van der Waals surface area contributed by atoms with E-state index in [1.807, 2.05) is 0 Å². The Bertz CT molecular complexity index is 399. The summed E-state index contributed by atoms with van der Waals surface area (Å²) in [6.45, 7) is 1.58. The lowest BCUT2D eigenvalue weighted by Crippen LogP contribution is -2.03. The average Bonchev–Trinajstić information content (AvgIpc) is 2.17. The molecule has 0 aliphatic carbocycles. The summed E-state index contributed by atoms with van der Waals surface area (Å²) < 4.78 is 0. The van der Waals surface area contributed by atoms with Crippen molar-refractivity contribution in [3.8, 4) is 5.75 Å². The highest BCUT2D eigenvalue weighted by Crippen LogP contribution is 2.19. The van der Waals surface area contributed by atoms with Gasteiger partial charge in [-0.15, -0.1) is 0 Å². The van der Waals surface area contributed by atoms with Crippen LogP contribution in [0.25, 0.3) is 0 Å². The third kappa shape index (κ3) is 1.82. The number of carbonyl (C=O) groups is 1. The number of aromatic carboxylic acids is 1. The van der Waals surface area contributed by atoms with Crippen LogP contribution >= 0.6 is 0 Å². The molecule has 0 aliphatic rings. The van der Waals surface area contributed by atoms with Crippen molar-refractivity contribution in [2.24, 2.45) is 10.9 Å². The van der Waals surface area contributed by atoms with E-state index in [-0.39, 0.29) is 11.3 Å². The maximum atomic E-state index is 10.6. The maximum Gasteiger partial charge on any atom is 0.335 e. The Morgan fingerprint density at radius 3 is 2.64 bits per heavy atom. The van der Waals surface area contributed by atoms with E-state index in [0.29, 0.717) is 11.3 Å². The van der Waals surface area contributed by atoms with E-state index in [0.717, 1.165) is 0 Å². The predicted octanol–water partition coefficient (Wildman–Crippen LogP) is 0.773. The lowest BCUT2D eigenvalue weighted by Gasteiger charge is -2.03. The first-order valence-corrected chi connectivity index (χ1v) is 3.87. The van der Waals surface area contributed by atoms with Crippen LogP contribution < -0.4 is 5.84 Å². The Balaban J connectivity index is 3.28. The first-order chi connectivity index (χ1) is 6.56.